The minimum Gasteiger partial charge on any atom is -0.368 e. The summed E-state index contributed by atoms with van der Waals surface area (Å²) in [4.78, 5) is 12.9. The Morgan fingerprint density at radius 3 is 2.70 bits per heavy atom. The van der Waals surface area contributed by atoms with Gasteiger partial charge in [-0.3, -0.25) is 4.79 Å². The highest BCUT2D eigenvalue weighted by Gasteiger charge is 2.29. The van der Waals surface area contributed by atoms with E-state index in [1.807, 2.05) is 6.92 Å². The van der Waals surface area contributed by atoms with Crippen LogP contribution in [0.2, 0.25) is 0 Å². The first-order chi connectivity index (χ1) is 9.39. The number of nitrogens with two attached hydrogens (primary N) is 1. The summed E-state index contributed by atoms with van der Waals surface area (Å²) in [6.07, 6.45) is 1.73. The Balaban J connectivity index is 2.60. The van der Waals surface area contributed by atoms with Gasteiger partial charge in [-0.05, 0) is 51.8 Å². The van der Waals surface area contributed by atoms with E-state index in [4.69, 9.17) is 5.73 Å². The average Bonchev–Trinajstić information content (AvgIpc) is 2.40. The quantitative estimate of drug-likeness (QED) is 0.725. The molecule has 3 nitrogen and oxygen atoms in total. The first-order valence-electron chi connectivity index (χ1n) is 7.14. The third-order valence-corrected chi connectivity index (χ3v) is 4.67. The fourth-order valence-electron chi connectivity index (χ4n) is 1.93. The van der Waals surface area contributed by atoms with Gasteiger partial charge in [0, 0.05) is 10.6 Å². The van der Waals surface area contributed by atoms with Gasteiger partial charge in [-0.15, -0.1) is 11.8 Å². The highest BCUT2D eigenvalue weighted by atomic mass is 32.2. The van der Waals surface area contributed by atoms with Crippen molar-refractivity contribution in [3.63, 3.8) is 0 Å². The average molecular weight is 294 g/mol. The highest BCUT2D eigenvalue weighted by Crippen LogP contribution is 2.26. The summed E-state index contributed by atoms with van der Waals surface area (Å²) in [7, 11) is 0. The molecule has 0 heterocycles. The zero-order valence-electron chi connectivity index (χ0n) is 13.0. The lowest BCUT2D eigenvalue weighted by molar-refractivity contribution is -0.123. The summed E-state index contributed by atoms with van der Waals surface area (Å²) in [6.45, 7) is 9.01. The van der Waals surface area contributed by atoms with E-state index in [-0.39, 0.29) is 5.91 Å². The van der Waals surface area contributed by atoms with Gasteiger partial charge in [-0.25, -0.2) is 0 Å². The second-order valence-corrected chi connectivity index (χ2v) is 6.63. The molecule has 1 unspecified atom stereocenters. The van der Waals surface area contributed by atoms with Gasteiger partial charge < -0.3 is 11.1 Å². The van der Waals surface area contributed by atoms with E-state index in [9.17, 15) is 4.79 Å². The van der Waals surface area contributed by atoms with Gasteiger partial charge in [0.1, 0.15) is 0 Å². The number of carbonyl (C=O) groups excluding carboxylic acids is 1. The lowest BCUT2D eigenvalue weighted by atomic mass is 9.98. The number of carbonyl (C=O) groups is 1. The molecule has 0 spiro atoms. The normalized spacial score (nSPS) is 14.0. The van der Waals surface area contributed by atoms with Gasteiger partial charge >= 0.3 is 0 Å². The molecule has 0 aliphatic heterocycles. The molecule has 3 N–H and O–H groups in total. The molecule has 0 aliphatic carbocycles. The molecule has 0 aliphatic rings. The molecule has 1 aromatic rings. The van der Waals surface area contributed by atoms with Crippen LogP contribution >= 0.6 is 11.8 Å². The van der Waals surface area contributed by atoms with Crippen molar-refractivity contribution in [2.75, 3.05) is 12.3 Å². The molecule has 0 fully saturated rings. The van der Waals surface area contributed by atoms with E-state index in [0.29, 0.717) is 0 Å². The zero-order valence-corrected chi connectivity index (χ0v) is 13.8. The Hall–Kier alpha value is -1.00. The number of hydrogen-bond donors (Lipinski definition) is 2. The van der Waals surface area contributed by atoms with Crippen molar-refractivity contribution in [1.29, 1.82) is 0 Å². The first kappa shape index (κ1) is 17.1. The Morgan fingerprint density at radius 1 is 1.40 bits per heavy atom. The van der Waals surface area contributed by atoms with Crippen molar-refractivity contribution < 1.29 is 4.79 Å². The maximum Gasteiger partial charge on any atom is 0.237 e. The van der Waals surface area contributed by atoms with Crippen molar-refractivity contribution in [3.05, 3.63) is 29.3 Å². The van der Waals surface area contributed by atoms with Gasteiger partial charge in [-0.1, -0.05) is 24.6 Å². The molecule has 4 heteroatoms. The molecule has 0 radical (unpaired) electrons. The highest BCUT2D eigenvalue weighted by molar-refractivity contribution is 7.99. The van der Waals surface area contributed by atoms with E-state index < -0.39 is 5.54 Å². The lowest BCUT2D eigenvalue weighted by Gasteiger charge is -2.27. The van der Waals surface area contributed by atoms with Crippen LogP contribution in [-0.4, -0.2) is 23.7 Å². The van der Waals surface area contributed by atoms with Gasteiger partial charge in [0.05, 0.1) is 5.54 Å². The van der Waals surface area contributed by atoms with Crippen molar-refractivity contribution in [3.8, 4) is 0 Å². The van der Waals surface area contributed by atoms with E-state index in [1.54, 1.807) is 11.8 Å². The smallest absolute Gasteiger partial charge is 0.237 e. The number of nitrogens with one attached hydrogen (secondary N) is 1. The van der Waals surface area contributed by atoms with Crippen molar-refractivity contribution in [2.24, 2.45) is 5.73 Å². The van der Waals surface area contributed by atoms with Crippen molar-refractivity contribution in [2.45, 2.75) is 51.0 Å². The van der Waals surface area contributed by atoms with Crippen LogP contribution in [0.15, 0.2) is 23.1 Å². The molecular formula is C16H26N2OS. The van der Waals surface area contributed by atoms with E-state index >= 15 is 0 Å². The Morgan fingerprint density at radius 2 is 2.10 bits per heavy atom. The number of hydrogen-bond acceptors (Lipinski definition) is 3. The molecule has 0 saturated carbocycles. The summed E-state index contributed by atoms with van der Waals surface area (Å²) in [5, 5.41) is 3.27. The van der Waals surface area contributed by atoms with E-state index in [2.05, 4.69) is 44.3 Å². The number of amides is 1. The van der Waals surface area contributed by atoms with Crippen LogP contribution in [0.5, 0.6) is 0 Å². The molecule has 1 aromatic carbocycles. The molecule has 0 aromatic heterocycles. The van der Waals surface area contributed by atoms with Crippen LogP contribution in [0.25, 0.3) is 0 Å². The summed E-state index contributed by atoms with van der Waals surface area (Å²) in [6, 6.07) is 6.46. The van der Waals surface area contributed by atoms with E-state index in [0.717, 1.165) is 25.1 Å². The second kappa shape index (κ2) is 7.70. The van der Waals surface area contributed by atoms with Crippen LogP contribution in [0.3, 0.4) is 0 Å². The maximum absolute atomic E-state index is 11.6. The van der Waals surface area contributed by atoms with Crippen LogP contribution in [-0.2, 0) is 4.79 Å². The Labute approximate surface area is 126 Å². The minimum atomic E-state index is -0.610. The maximum atomic E-state index is 11.6. The summed E-state index contributed by atoms with van der Waals surface area (Å²) in [5.74, 6) is 0.605. The van der Waals surface area contributed by atoms with Gasteiger partial charge in [0.25, 0.3) is 0 Å². The molecule has 112 valence electrons. The topological polar surface area (TPSA) is 55.1 Å². The largest absolute Gasteiger partial charge is 0.368 e. The summed E-state index contributed by atoms with van der Waals surface area (Å²) >= 11 is 1.79. The standard InChI is InChI=1S/C16H26N2OS/c1-5-9-18-16(4,15(17)19)8-10-20-14-11-12(2)6-7-13(14)3/h6-7,11,18H,5,8-10H2,1-4H3,(H2,17,19). The van der Waals surface area contributed by atoms with Crippen LogP contribution < -0.4 is 11.1 Å². The van der Waals surface area contributed by atoms with Gasteiger partial charge in [0.2, 0.25) is 5.91 Å². The Bertz CT molecular complexity index is 462. The van der Waals surface area contributed by atoms with E-state index in [1.165, 1.54) is 16.0 Å². The van der Waals surface area contributed by atoms with Gasteiger partial charge in [0.15, 0.2) is 0 Å². The molecule has 1 atom stereocenters. The lowest BCUT2D eigenvalue weighted by Crippen LogP contribution is -2.53. The van der Waals surface area contributed by atoms with Crippen molar-refractivity contribution in [1.82, 2.24) is 5.32 Å². The number of benzene rings is 1. The minimum absolute atomic E-state index is 0.271. The molecule has 0 saturated heterocycles. The second-order valence-electron chi connectivity index (χ2n) is 5.49. The fourth-order valence-corrected chi connectivity index (χ4v) is 3.22. The first-order valence-corrected chi connectivity index (χ1v) is 8.12. The predicted octanol–water partition coefficient (Wildman–Crippen LogP) is 3.03. The number of rotatable bonds is 8. The van der Waals surface area contributed by atoms with Crippen LogP contribution in [0, 0.1) is 13.8 Å². The predicted molar refractivity (Wildman–Crippen MR) is 87.2 cm³/mol. The SMILES string of the molecule is CCCNC(C)(CCSc1cc(C)ccc1C)C(N)=O. The molecule has 1 amide bonds. The molecule has 1 rings (SSSR count). The zero-order chi connectivity index (χ0) is 15.2. The molecular weight excluding hydrogens is 268 g/mol. The summed E-state index contributed by atoms with van der Waals surface area (Å²) < 4.78 is 0. The number of thioether (sulfide) groups is 1. The molecule has 20 heavy (non-hydrogen) atoms. The van der Waals surface area contributed by atoms with Crippen LogP contribution in [0.1, 0.15) is 37.8 Å². The van der Waals surface area contributed by atoms with Crippen LogP contribution in [0.4, 0.5) is 0 Å². The Kier molecular flexibility index (Phi) is 6.56. The number of primary amides is 1. The third-order valence-electron chi connectivity index (χ3n) is 3.51. The summed E-state index contributed by atoms with van der Waals surface area (Å²) in [5.41, 5.74) is 7.47. The third kappa shape index (κ3) is 4.84. The monoisotopic (exact) mass is 294 g/mol. The number of aryl methyl sites for hydroxylation is 2. The molecule has 0 bridgehead atoms. The van der Waals surface area contributed by atoms with Crippen molar-refractivity contribution >= 4 is 17.7 Å². The van der Waals surface area contributed by atoms with Gasteiger partial charge in [-0.2, -0.15) is 0 Å². The fraction of sp³-hybridized carbons (Fsp3) is 0.562.